The molecule has 0 radical (unpaired) electrons. The highest BCUT2D eigenvalue weighted by molar-refractivity contribution is 5.07. The van der Waals surface area contributed by atoms with Gasteiger partial charge < -0.3 is 4.74 Å². The maximum absolute atomic E-state index is 6.03. The molecule has 1 heteroatoms. The molecule has 2 fully saturated rings. The van der Waals surface area contributed by atoms with E-state index in [1.165, 1.54) is 180 Å². The molecular weight excluding hydrogens is 520 g/mol. The van der Waals surface area contributed by atoms with Crippen LogP contribution in [-0.4, -0.2) is 13.2 Å². The number of allylic oxidation sites excluding steroid dienone is 4. The molecule has 2 atom stereocenters. The zero-order valence-corrected chi connectivity index (χ0v) is 29.2. The predicted molar refractivity (Wildman–Crippen MR) is 189 cm³/mol. The van der Waals surface area contributed by atoms with E-state index in [0.29, 0.717) is 0 Å². The lowest BCUT2D eigenvalue weighted by Crippen LogP contribution is -2.16. The summed E-state index contributed by atoms with van der Waals surface area (Å²) in [5.41, 5.74) is 3.52. The molecule has 0 aromatic heterocycles. The van der Waals surface area contributed by atoms with Crippen molar-refractivity contribution in [1.29, 1.82) is 0 Å². The van der Waals surface area contributed by atoms with E-state index in [0.717, 1.165) is 48.7 Å². The van der Waals surface area contributed by atoms with Gasteiger partial charge in [0.25, 0.3) is 0 Å². The van der Waals surface area contributed by atoms with E-state index in [9.17, 15) is 0 Å². The molecule has 0 bridgehead atoms. The van der Waals surface area contributed by atoms with Gasteiger partial charge in [0.05, 0.1) is 0 Å². The maximum Gasteiger partial charge on any atom is 0.0466 e. The molecule has 0 N–H and O–H groups in total. The van der Waals surface area contributed by atoms with Crippen molar-refractivity contribution in [3.63, 3.8) is 0 Å². The van der Waals surface area contributed by atoms with Gasteiger partial charge in [-0.2, -0.15) is 0 Å². The van der Waals surface area contributed by atoms with Gasteiger partial charge in [0.15, 0.2) is 0 Å². The highest BCUT2D eigenvalue weighted by atomic mass is 16.5. The molecule has 248 valence electrons. The van der Waals surface area contributed by atoms with E-state index in [1.807, 2.05) is 0 Å². The SMILES string of the molecule is CCCC1CCC(CCC2CC=C(CCCCOCCCCC3=CCC(CCC4CCC(CCC)CC4)CC3)CC2)CC1. The first-order valence-electron chi connectivity index (χ1n) is 20.1. The summed E-state index contributed by atoms with van der Waals surface area (Å²) in [6, 6.07) is 0. The van der Waals surface area contributed by atoms with E-state index in [2.05, 4.69) is 26.0 Å². The first-order chi connectivity index (χ1) is 21.2. The summed E-state index contributed by atoms with van der Waals surface area (Å²) in [5.74, 6) is 6.18. The minimum absolute atomic E-state index is 0.973. The molecule has 2 unspecified atom stereocenters. The van der Waals surface area contributed by atoms with Crippen LogP contribution in [-0.2, 0) is 4.74 Å². The Bertz CT molecular complexity index is 698. The lowest BCUT2D eigenvalue weighted by Gasteiger charge is -2.30. The Morgan fingerprint density at radius 3 is 1.19 bits per heavy atom. The fourth-order valence-electron chi connectivity index (χ4n) is 9.46. The van der Waals surface area contributed by atoms with Crippen molar-refractivity contribution in [2.45, 2.75) is 194 Å². The van der Waals surface area contributed by atoms with Gasteiger partial charge in [0, 0.05) is 13.2 Å². The van der Waals surface area contributed by atoms with Crippen LogP contribution in [0.15, 0.2) is 23.3 Å². The van der Waals surface area contributed by atoms with E-state index in [4.69, 9.17) is 4.74 Å². The molecule has 4 aliphatic rings. The first kappa shape index (κ1) is 35.3. The van der Waals surface area contributed by atoms with Gasteiger partial charge in [-0.25, -0.2) is 0 Å². The first-order valence-corrected chi connectivity index (χ1v) is 20.1. The number of unbranched alkanes of at least 4 members (excludes halogenated alkanes) is 2. The highest BCUT2D eigenvalue weighted by Crippen LogP contribution is 2.38. The van der Waals surface area contributed by atoms with Crippen molar-refractivity contribution in [3.8, 4) is 0 Å². The lowest BCUT2D eigenvalue weighted by atomic mass is 9.76. The third-order valence-electron chi connectivity index (χ3n) is 12.6. The van der Waals surface area contributed by atoms with Crippen molar-refractivity contribution < 1.29 is 4.74 Å². The molecule has 0 aromatic carbocycles. The van der Waals surface area contributed by atoms with Crippen LogP contribution in [0.2, 0.25) is 0 Å². The molecule has 4 rings (SSSR count). The molecule has 4 aliphatic carbocycles. The summed E-state index contributed by atoms with van der Waals surface area (Å²) in [6.45, 7) is 6.66. The van der Waals surface area contributed by atoms with Gasteiger partial charge >= 0.3 is 0 Å². The molecule has 0 heterocycles. The van der Waals surface area contributed by atoms with Crippen LogP contribution in [0, 0.1) is 35.5 Å². The van der Waals surface area contributed by atoms with E-state index >= 15 is 0 Å². The minimum atomic E-state index is 0.973. The van der Waals surface area contributed by atoms with Crippen LogP contribution in [0.3, 0.4) is 0 Å². The maximum atomic E-state index is 6.03. The lowest BCUT2D eigenvalue weighted by molar-refractivity contribution is 0.126. The number of hydrogen-bond acceptors (Lipinski definition) is 1. The van der Waals surface area contributed by atoms with Crippen LogP contribution >= 0.6 is 0 Å². The monoisotopic (exact) mass is 595 g/mol. The molecule has 2 saturated carbocycles. The molecular formula is C42H74O. The standard InChI is InChI=1S/C42H74O/c1-3-9-35-13-21-39(22-14-35)29-31-41-25-17-37(18-26-41)11-5-7-33-43-34-8-6-12-38-19-27-42(28-20-38)32-30-40-23-15-36(10-4-2)16-24-40/h17,19,35-36,39-42H,3-16,18,20-34H2,1-2H3. The Morgan fingerprint density at radius 2 is 0.837 bits per heavy atom. The Kier molecular flexibility index (Phi) is 17.5. The van der Waals surface area contributed by atoms with Crippen molar-refractivity contribution in [1.82, 2.24) is 0 Å². The van der Waals surface area contributed by atoms with Gasteiger partial charge in [0.1, 0.15) is 0 Å². The summed E-state index contributed by atoms with van der Waals surface area (Å²) in [6.07, 6.45) is 45.4. The summed E-state index contributed by atoms with van der Waals surface area (Å²) < 4.78 is 6.03. The summed E-state index contributed by atoms with van der Waals surface area (Å²) >= 11 is 0. The third-order valence-corrected chi connectivity index (χ3v) is 12.6. The zero-order valence-electron chi connectivity index (χ0n) is 29.2. The zero-order chi connectivity index (χ0) is 30.0. The molecule has 0 spiro atoms. The van der Waals surface area contributed by atoms with Crippen LogP contribution in [0.4, 0.5) is 0 Å². The smallest absolute Gasteiger partial charge is 0.0466 e. The van der Waals surface area contributed by atoms with Crippen molar-refractivity contribution in [2.75, 3.05) is 13.2 Å². The Balaban J connectivity index is 0.918. The second-order valence-electron chi connectivity index (χ2n) is 16.0. The van der Waals surface area contributed by atoms with Crippen LogP contribution in [0.5, 0.6) is 0 Å². The molecule has 0 aromatic rings. The fraction of sp³-hybridized carbons (Fsp3) is 0.905. The largest absolute Gasteiger partial charge is 0.381 e. The van der Waals surface area contributed by atoms with E-state index in [1.54, 1.807) is 11.1 Å². The van der Waals surface area contributed by atoms with Gasteiger partial charge in [-0.15, -0.1) is 0 Å². The number of rotatable bonds is 20. The second-order valence-corrected chi connectivity index (χ2v) is 16.0. The normalized spacial score (nSPS) is 30.2. The fourth-order valence-corrected chi connectivity index (χ4v) is 9.46. The quantitative estimate of drug-likeness (QED) is 0.101. The Morgan fingerprint density at radius 1 is 0.465 bits per heavy atom. The highest BCUT2D eigenvalue weighted by Gasteiger charge is 2.24. The van der Waals surface area contributed by atoms with Crippen LogP contribution in [0.1, 0.15) is 194 Å². The van der Waals surface area contributed by atoms with Crippen molar-refractivity contribution in [3.05, 3.63) is 23.3 Å². The van der Waals surface area contributed by atoms with Crippen molar-refractivity contribution in [2.24, 2.45) is 35.5 Å². The molecule has 0 aliphatic heterocycles. The summed E-state index contributed by atoms with van der Waals surface area (Å²) in [5, 5.41) is 0. The van der Waals surface area contributed by atoms with Gasteiger partial charge in [-0.3, -0.25) is 0 Å². The topological polar surface area (TPSA) is 9.23 Å². The van der Waals surface area contributed by atoms with Gasteiger partial charge in [-0.1, -0.05) is 127 Å². The second kappa shape index (κ2) is 21.3. The number of hydrogen-bond donors (Lipinski definition) is 0. The molecule has 43 heavy (non-hydrogen) atoms. The molecule has 1 nitrogen and oxygen atoms in total. The van der Waals surface area contributed by atoms with Crippen LogP contribution < -0.4 is 0 Å². The molecule has 0 amide bonds. The summed E-state index contributed by atoms with van der Waals surface area (Å²) in [4.78, 5) is 0. The average molecular weight is 595 g/mol. The summed E-state index contributed by atoms with van der Waals surface area (Å²) in [7, 11) is 0. The van der Waals surface area contributed by atoms with Crippen molar-refractivity contribution >= 4 is 0 Å². The Hall–Kier alpha value is -0.560. The third kappa shape index (κ3) is 14.2. The van der Waals surface area contributed by atoms with Gasteiger partial charge in [0.2, 0.25) is 0 Å². The van der Waals surface area contributed by atoms with Crippen LogP contribution in [0.25, 0.3) is 0 Å². The predicted octanol–water partition coefficient (Wildman–Crippen LogP) is 13.6. The average Bonchev–Trinajstić information content (AvgIpc) is 3.05. The van der Waals surface area contributed by atoms with E-state index < -0.39 is 0 Å². The number of ether oxygens (including phenoxy) is 1. The molecule has 0 saturated heterocycles. The minimum Gasteiger partial charge on any atom is -0.381 e. The Labute approximate surface area is 269 Å². The van der Waals surface area contributed by atoms with E-state index in [-0.39, 0.29) is 0 Å². The van der Waals surface area contributed by atoms with Gasteiger partial charge in [-0.05, 0) is 125 Å².